The molecular formula is C9H15ClO2Si. The Labute approximate surface area is 84.6 Å². The summed E-state index contributed by atoms with van der Waals surface area (Å²) < 4.78 is 0. The topological polar surface area (TPSA) is 37.3 Å². The van der Waals surface area contributed by atoms with Crippen molar-refractivity contribution in [2.75, 3.05) is 0 Å². The van der Waals surface area contributed by atoms with E-state index in [9.17, 15) is 4.79 Å². The van der Waals surface area contributed by atoms with Crippen molar-refractivity contribution in [1.82, 2.24) is 0 Å². The number of carboxylic acid groups (broad SMARTS) is 1. The third kappa shape index (κ3) is 3.78. The molecule has 0 aromatic rings. The number of aliphatic carboxylic acids is 1. The van der Waals surface area contributed by atoms with Gasteiger partial charge in [-0.3, -0.25) is 0 Å². The van der Waals surface area contributed by atoms with Crippen LogP contribution < -0.4 is 0 Å². The molecule has 0 spiro atoms. The summed E-state index contributed by atoms with van der Waals surface area (Å²) in [4.78, 5) is 10.7. The molecule has 1 N–H and O–H groups in total. The second-order valence-corrected chi connectivity index (χ2v) is 10.2. The van der Waals surface area contributed by atoms with E-state index in [1.807, 2.05) is 13.1 Å². The van der Waals surface area contributed by atoms with E-state index in [4.69, 9.17) is 16.2 Å². The van der Waals surface area contributed by atoms with Gasteiger partial charge in [0.15, 0.2) is 7.38 Å². The summed E-state index contributed by atoms with van der Waals surface area (Å²) in [6.07, 6.45) is 2.28. The normalized spacial score (nSPS) is 13.5. The molecular weight excluding hydrogens is 204 g/mol. The highest BCUT2D eigenvalue weighted by Crippen LogP contribution is 2.35. The van der Waals surface area contributed by atoms with Gasteiger partial charge in [-0.05, 0) is 6.42 Å². The molecule has 0 fully saturated rings. The summed E-state index contributed by atoms with van der Waals surface area (Å²) in [5, 5.41) is 8.77. The van der Waals surface area contributed by atoms with Crippen LogP contribution in [0.2, 0.25) is 18.6 Å². The Morgan fingerprint density at radius 2 is 2.15 bits per heavy atom. The van der Waals surface area contributed by atoms with Crippen molar-refractivity contribution < 1.29 is 9.90 Å². The number of allylic oxidation sites excluding steroid dienone is 1. The molecule has 0 amide bonds. The Kier molecular flexibility index (Phi) is 4.43. The van der Waals surface area contributed by atoms with Crippen LogP contribution in [0.3, 0.4) is 0 Å². The molecule has 0 bridgehead atoms. The van der Waals surface area contributed by atoms with Crippen LogP contribution in [-0.4, -0.2) is 18.5 Å². The number of hydrogen-bond donors (Lipinski definition) is 1. The molecule has 0 aliphatic rings. The second-order valence-electron chi connectivity index (χ2n) is 3.47. The van der Waals surface area contributed by atoms with E-state index in [-0.39, 0.29) is 11.1 Å². The number of halogens is 1. The Hall–Kier alpha value is -0.543. The lowest BCUT2D eigenvalue weighted by atomic mass is 10.1. The van der Waals surface area contributed by atoms with Crippen LogP contribution in [-0.2, 0) is 4.79 Å². The van der Waals surface area contributed by atoms with Gasteiger partial charge in [0.2, 0.25) is 0 Å². The Morgan fingerprint density at radius 3 is 2.38 bits per heavy atom. The number of carbonyl (C=O) groups is 1. The van der Waals surface area contributed by atoms with Gasteiger partial charge in [0.25, 0.3) is 0 Å². The van der Waals surface area contributed by atoms with Gasteiger partial charge in [-0.25, -0.2) is 4.79 Å². The molecule has 0 radical (unpaired) electrons. The van der Waals surface area contributed by atoms with E-state index in [1.54, 1.807) is 6.08 Å². The molecule has 13 heavy (non-hydrogen) atoms. The van der Waals surface area contributed by atoms with Gasteiger partial charge < -0.3 is 5.11 Å². The average Bonchev–Trinajstić information content (AvgIpc) is 1.96. The fourth-order valence-electron chi connectivity index (χ4n) is 1.15. The van der Waals surface area contributed by atoms with E-state index in [0.717, 1.165) is 0 Å². The molecule has 0 aromatic carbocycles. The van der Waals surface area contributed by atoms with Crippen molar-refractivity contribution in [3.05, 3.63) is 24.8 Å². The maximum absolute atomic E-state index is 10.7. The lowest BCUT2D eigenvalue weighted by molar-refractivity contribution is -0.132. The van der Waals surface area contributed by atoms with Gasteiger partial charge in [-0.15, -0.1) is 6.58 Å². The molecule has 0 saturated heterocycles. The zero-order valence-corrected chi connectivity index (χ0v) is 9.77. The smallest absolute Gasteiger partial charge is 0.330 e. The average molecular weight is 219 g/mol. The Bertz CT molecular complexity index is 230. The minimum Gasteiger partial charge on any atom is -0.478 e. The maximum Gasteiger partial charge on any atom is 0.330 e. The van der Waals surface area contributed by atoms with Gasteiger partial charge in [0, 0.05) is 11.1 Å². The molecule has 1 unspecified atom stereocenters. The van der Waals surface area contributed by atoms with Crippen molar-refractivity contribution in [3.8, 4) is 0 Å². The predicted molar refractivity (Wildman–Crippen MR) is 58.7 cm³/mol. The van der Waals surface area contributed by atoms with Gasteiger partial charge in [-0.2, -0.15) is 11.1 Å². The van der Waals surface area contributed by atoms with Crippen LogP contribution in [0.1, 0.15) is 6.42 Å². The molecule has 2 nitrogen and oxygen atoms in total. The summed E-state index contributed by atoms with van der Waals surface area (Å²) in [5.74, 6) is -0.965. The quantitative estimate of drug-likeness (QED) is 0.333. The first-order chi connectivity index (χ1) is 5.80. The van der Waals surface area contributed by atoms with Crippen LogP contribution in [0.5, 0.6) is 0 Å². The van der Waals surface area contributed by atoms with Crippen LogP contribution in [0.4, 0.5) is 0 Å². The van der Waals surface area contributed by atoms with E-state index < -0.39 is 13.4 Å². The molecule has 0 rings (SSSR count). The minimum atomic E-state index is -2.01. The number of carboxylic acids is 1. The Balaban J connectivity index is 4.71. The summed E-state index contributed by atoms with van der Waals surface area (Å²) in [5.41, 5.74) is 0.0655. The summed E-state index contributed by atoms with van der Waals surface area (Å²) in [6, 6.07) is 0. The van der Waals surface area contributed by atoms with Crippen molar-refractivity contribution in [1.29, 1.82) is 0 Å². The van der Waals surface area contributed by atoms with Crippen molar-refractivity contribution in [3.63, 3.8) is 0 Å². The van der Waals surface area contributed by atoms with Crippen LogP contribution in [0, 0.1) is 0 Å². The molecule has 4 heteroatoms. The lowest BCUT2D eigenvalue weighted by Gasteiger charge is -2.25. The van der Waals surface area contributed by atoms with Crippen LogP contribution >= 0.6 is 11.1 Å². The SMILES string of the molecule is C=CCC(C(=C)C(=O)O)[Si](C)(C)Cl. The van der Waals surface area contributed by atoms with Gasteiger partial charge in [0.1, 0.15) is 0 Å². The Morgan fingerprint density at radius 1 is 1.69 bits per heavy atom. The monoisotopic (exact) mass is 218 g/mol. The molecule has 74 valence electrons. The maximum atomic E-state index is 10.7. The first-order valence-corrected chi connectivity index (χ1v) is 8.11. The standard InChI is InChI=1S/C9H15ClO2Si/c1-5-6-8(13(3,4)10)7(2)9(11)12/h5,8H,1-2,6H2,3-4H3,(H,11,12). The van der Waals surface area contributed by atoms with Crippen molar-refractivity contribution in [2.45, 2.75) is 25.1 Å². The van der Waals surface area contributed by atoms with Crippen molar-refractivity contribution in [2.24, 2.45) is 0 Å². The summed E-state index contributed by atoms with van der Waals surface area (Å²) in [7, 11) is -2.01. The summed E-state index contributed by atoms with van der Waals surface area (Å²) in [6.45, 7) is 11.0. The highest BCUT2D eigenvalue weighted by atomic mass is 35.6. The zero-order chi connectivity index (χ0) is 10.6. The van der Waals surface area contributed by atoms with Crippen LogP contribution in [0.25, 0.3) is 0 Å². The van der Waals surface area contributed by atoms with Gasteiger partial charge in [-0.1, -0.05) is 25.7 Å². The lowest BCUT2D eigenvalue weighted by Crippen LogP contribution is -2.28. The van der Waals surface area contributed by atoms with Crippen LogP contribution in [0.15, 0.2) is 24.8 Å². The van der Waals surface area contributed by atoms with Gasteiger partial charge in [0.05, 0.1) is 0 Å². The third-order valence-corrected chi connectivity index (χ3v) is 4.96. The first kappa shape index (κ1) is 12.5. The van der Waals surface area contributed by atoms with Gasteiger partial charge >= 0.3 is 5.97 Å². The van der Waals surface area contributed by atoms with E-state index in [0.29, 0.717) is 6.42 Å². The largest absolute Gasteiger partial charge is 0.478 e. The summed E-state index contributed by atoms with van der Waals surface area (Å²) >= 11 is 6.18. The zero-order valence-electron chi connectivity index (χ0n) is 8.01. The minimum absolute atomic E-state index is 0.135. The fourth-order valence-corrected chi connectivity index (χ4v) is 3.49. The predicted octanol–water partition coefficient (Wildman–Crippen LogP) is 3.02. The molecule has 0 aromatic heterocycles. The second kappa shape index (κ2) is 4.63. The number of hydrogen-bond acceptors (Lipinski definition) is 1. The molecule has 0 saturated carbocycles. The number of rotatable bonds is 5. The van der Waals surface area contributed by atoms with E-state index in [1.165, 1.54) is 0 Å². The van der Waals surface area contributed by atoms with E-state index >= 15 is 0 Å². The fraction of sp³-hybridized carbons (Fsp3) is 0.444. The highest BCUT2D eigenvalue weighted by Gasteiger charge is 2.33. The molecule has 0 aliphatic heterocycles. The molecule has 0 heterocycles. The first-order valence-electron chi connectivity index (χ1n) is 4.02. The highest BCUT2D eigenvalue weighted by molar-refractivity contribution is 7.20. The molecule has 1 atom stereocenters. The molecule has 0 aliphatic carbocycles. The van der Waals surface area contributed by atoms with Crippen molar-refractivity contribution >= 4 is 24.4 Å². The van der Waals surface area contributed by atoms with E-state index in [2.05, 4.69) is 13.2 Å². The third-order valence-electron chi connectivity index (χ3n) is 1.93.